The molecule has 3 nitrogen and oxygen atoms in total. The van der Waals surface area contributed by atoms with Gasteiger partial charge in [0.05, 0.1) is 23.3 Å². The van der Waals surface area contributed by atoms with Crippen LogP contribution in [0.1, 0.15) is 11.1 Å². The maximum atomic E-state index is 8.40. The van der Waals surface area contributed by atoms with Crippen LogP contribution in [0.4, 0.5) is 0 Å². The fraction of sp³-hybridized carbons (Fsp3) is 0. The van der Waals surface area contributed by atoms with Gasteiger partial charge < -0.3 is 5.48 Å². The minimum Gasteiger partial charge on any atom is -0.412 e. The molecule has 0 heterocycles. The van der Waals surface area contributed by atoms with Crippen molar-refractivity contribution in [3.8, 4) is 12.1 Å². The Kier molecular flexibility index (Phi) is 3.37. The lowest BCUT2D eigenvalue weighted by molar-refractivity contribution is 0.824. The van der Waals surface area contributed by atoms with Gasteiger partial charge in [-0.05, 0) is 18.2 Å². The fourth-order valence-electron chi connectivity index (χ4n) is 0.658. The number of nitrogens with zero attached hydrogens (tertiary/aromatic N) is 2. The highest BCUT2D eigenvalue weighted by Gasteiger charge is 1.90. The van der Waals surface area contributed by atoms with Crippen LogP contribution in [-0.2, 0) is 0 Å². The predicted octanol–water partition coefficient (Wildman–Crippen LogP) is 0.605. The Hall–Kier alpha value is -1.84. The Labute approximate surface area is 64.4 Å². The molecule has 0 aliphatic rings. The van der Waals surface area contributed by atoms with E-state index in [2.05, 4.69) is 0 Å². The van der Waals surface area contributed by atoms with E-state index in [1.807, 2.05) is 12.1 Å². The monoisotopic (exact) mass is 146 g/mol. The molecule has 0 spiro atoms. The number of nitriles is 2. The molecule has 0 aromatic heterocycles. The van der Waals surface area contributed by atoms with Gasteiger partial charge >= 0.3 is 0 Å². The van der Waals surface area contributed by atoms with Crippen LogP contribution < -0.4 is 0 Å². The normalized spacial score (nSPS) is 7.09. The summed E-state index contributed by atoms with van der Waals surface area (Å²) >= 11 is 0. The standard InChI is InChI=1S/C8H4N2.H2O/c9-5-7-2-1-3-8(4-7)6-10;/h1-4H;1H2. The number of hydrogen-bond acceptors (Lipinski definition) is 2. The predicted molar refractivity (Wildman–Crippen MR) is 39.5 cm³/mol. The second-order valence-corrected chi connectivity index (χ2v) is 1.80. The third-order valence-corrected chi connectivity index (χ3v) is 1.12. The lowest BCUT2D eigenvalue weighted by Gasteiger charge is -1.86. The van der Waals surface area contributed by atoms with Crippen LogP contribution in [0.25, 0.3) is 0 Å². The van der Waals surface area contributed by atoms with Crippen molar-refractivity contribution in [3.05, 3.63) is 35.4 Å². The van der Waals surface area contributed by atoms with Crippen molar-refractivity contribution in [1.29, 1.82) is 10.5 Å². The van der Waals surface area contributed by atoms with Crippen LogP contribution in [0.15, 0.2) is 24.3 Å². The second-order valence-electron chi connectivity index (χ2n) is 1.80. The quantitative estimate of drug-likeness (QED) is 0.537. The summed E-state index contributed by atoms with van der Waals surface area (Å²) in [6.07, 6.45) is 0. The van der Waals surface area contributed by atoms with Crippen molar-refractivity contribution >= 4 is 0 Å². The molecule has 0 saturated heterocycles. The van der Waals surface area contributed by atoms with Crippen molar-refractivity contribution in [1.82, 2.24) is 0 Å². The molecule has 3 heteroatoms. The van der Waals surface area contributed by atoms with Crippen LogP contribution in [0.3, 0.4) is 0 Å². The van der Waals surface area contributed by atoms with Gasteiger partial charge in [-0.2, -0.15) is 10.5 Å². The molecule has 0 radical (unpaired) electrons. The van der Waals surface area contributed by atoms with Crippen molar-refractivity contribution in [3.63, 3.8) is 0 Å². The minimum absolute atomic E-state index is 0. The Morgan fingerprint density at radius 1 is 1.00 bits per heavy atom. The molecular formula is C8H6N2O. The van der Waals surface area contributed by atoms with Crippen LogP contribution in [0.2, 0.25) is 0 Å². The Morgan fingerprint density at radius 3 is 1.82 bits per heavy atom. The molecule has 0 amide bonds. The lowest BCUT2D eigenvalue weighted by Crippen LogP contribution is -1.75. The number of hydrogen-bond donors (Lipinski definition) is 0. The summed E-state index contributed by atoms with van der Waals surface area (Å²) in [5, 5.41) is 16.8. The largest absolute Gasteiger partial charge is 0.412 e. The first-order valence-electron chi connectivity index (χ1n) is 2.77. The molecule has 2 N–H and O–H groups in total. The van der Waals surface area contributed by atoms with Gasteiger partial charge in [-0.3, -0.25) is 0 Å². The molecule has 0 atom stereocenters. The molecule has 0 bridgehead atoms. The van der Waals surface area contributed by atoms with E-state index in [9.17, 15) is 0 Å². The fourth-order valence-corrected chi connectivity index (χ4v) is 0.658. The van der Waals surface area contributed by atoms with Gasteiger partial charge in [0.25, 0.3) is 0 Å². The van der Waals surface area contributed by atoms with Crippen molar-refractivity contribution in [2.45, 2.75) is 0 Å². The summed E-state index contributed by atoms with van der Waals surface area (Å²) in [6.45, 7) is 0. The Morgan fingerprint density at radius 2 is 1.45 bits per heavy atom. The highest BCUT2D eigenvalue weighted by Crippen LogP contribution is 2.01. The molecule has 1 aromatic carbocycles. The molecular weight excluding hydrogens is 140 g/mol. The van der Waals surface area contributed by atoms with E-state index in [1.54, 1.807) is 24.3 Å². The first kappa shape index (κ1) is 9.16. The van der Waals surface area contributed by atoms with E-state index >= 15 is 0 Å². The summed E-state index contributed by atoms with van der Waals surface area (Å²) in [5.41, 5.74) is 1.05. The van der Waals surface area contributed by atoms with Crippen molar-refractivity contribution < 1.29 is 5.48 Å². The minimum atomic E-state index is 0. The molecule has 0 aliphatic carbocycles. The topological polar surface area (TPSA) is 79.1 Å². The molecule has 1 aromatic rings. The number of benzene rings is 1. The third-order valence-electron chi connectivity index (χ3n) is 1.12. The van der Waals surface area contributed by atoms with Gasteiger partial charge in [0.1, 0.15) is 0 Å². The van der Waals surface area contributed by atoms with Gasteiger partial charge in [0.2, 0.25) is 0 Å². The molecule has 0 aliphatic heterocycles. The average molecular weight is 146 g/mol. The van der Waals surface area contributed by atoms with Crippen molar-refractivity contribution in [2.75, 3.05) is 0 Å². The third kappa shape index (κ3) is 2.09. The molecule has 0 saturated carbocycles. The summed E-state index contributed by atoms with van der Waals surface area (Å²) in [7, 11) is 0. The molecule has 11 heavy (non-hydrogen) atoms. The lowest BCUT2D eigenvalue weighted by atomic mass is 10.2. The number of rotatable bonds is 0. The maximum absolute atomic E-state index is 8.40. The maximum Gasteiger partial charge on any atom is 0.0992 e. The zero-order valence-corrected chi connectivity index (χ0v) is 5.70. The van der Waals surface area contributed by atoms with Crippen LogP contribution in [0.5, 0.6) is 0 Å². The van der Waals surface area contributed by atoms with Crippen molar-refractivity contribution in [2.24, 2.45) is 0 Å². The van der Waals surface area contributed by atoms with Gasteiger partial charge in [0.15, 0.2) is 0 Å². The smallest absolute Gasteiger partial charge is 0.0992 e. The highest BCUT2D eigenvalue weighted by atomic mass is 16.0. The molecule has 54 valence electrons. The zero-order chi connectivity index (χ0) is 7.40. The van der Waals surface area contributed by atoms with Crippen LogP contribution in [0, 0.1) is 22.7 Å². The molecule has 0 unspecified atom stereocenters. The van der Waals surface area contributed by atoms with Crippen LogP contribution >= 0.6 is 0 Å². The summed E-state index contributed by atoms with van der Waals surface area (Å²) in [4.78, 5) is 0. The average Bonchev–Trinajstić information content (AvgIpc) is 2.05. The Bertz CT molecular complexity index is 290. The summed E-state index contributed by atoms with van der Waals surface area (Å²) < 4.78 is 0. The van der Waals surface area contributed by atoms with Gasteiger partial charge in [-0.15, -0.1) is 0 Å². The van der Waals surface area contributed by atoms with E-state index in [0.717, 1.165) is 0 Å². The van der Waals surface area contributed by atoms with E-state index < -0.39 is 0 Å². The van der Waals surface area contributed by atoms with Gasteiger partial charge in [0, 0.05) is 0 Å². The van der Waals surface area contributed by atoms with E-state index in [4.69, 9.17) is 10.5 Å². The van der Waals surface area contributed by atoms with E-state index in [1.165, 1.54) is 0 Å². The first-order chi connectivity index (χ1) is 4.86. The second kappa shape index (κ2) is 4.05. The summed E-state index contributed by atoms with van der Waals surface area (Å²) in [6, 6.07) is 10.5. The first-order valence-corrected chi connectivity index (χ1v) is 2.77. The van der Waals surface area contributed by atoms with E-state index in [-0.39, 0.29) is 5.48 Å². The van der Waals surface area contributed by atoms with Gasteiger partial charge in [-0.1, -0.05) is 6.07 Å². The Balaban J connectivity index is 0.000001000. The van der Waals surface area contributed by atoms with Crippen LogP contribution in [-0.4, -0.2) is 5.48 Å². The zero-order valence-electron chi connectivity index (χ0n) is 5.70. The highest BCUT2D eigenvalue weighted by molar-refractivity contribution is 5.38. The van der Waals surface area contributed by atoms with Gasteiger partial charge in [-0.25, -0.2) is 0 Å². The SMILES string of the molecule is N#Cc1cccc(C#N)c1.O. The summed E-state index contributed by atoms with van der Waals surface area (Å²) in [5.74, 6) is 0. The molecule has 1 rings (SSSR count). The van der Waals surface area contributed by atoms with E-state index in [0.29, 0.717) is 11.1 Å². The molecule has 0 fully saturated rings.